The number of ether oxygens (including phenoxy) is 1. The lowest BCUT2D eigenvalue weighted by Crippen LogP contribution is -1.98. The van der Waals surface area contributed by atoms with E-state index in [0.717, 1.165) is 5.56 Å². The van der Waals surface area contributed by atoms with Crippen LogP contribution in [0.15, 0.2) is 42.5 Å². The second-order valence-corrected chi connectivity index (χ2v) is 4.76. The van der Waals surface area contributed by atoms with E-state index in [4.69, 9.17) is 21.4 Å². The molecule has 0 spiro atoms. The Labute approximate surface area is 128 Å². The van der Waals surface area contributed by atoms with Crippen molar-refractivity contribution in [2.24, 2.45) is 0 Å². The molecule has 2 aromatic carbocycles. The first-order valence-electron chi connectivity index (χ1n) is 6.40. The summed E-state index contributed by atoms with van der Waals surface area (Å²) in [6, 6.07) is 12.0. The van der Waals surface area contributed by atoms with Crippen LogP contribution >= 0.6 is 11.6 Å². The Morgan fingerprint density at radius 2 is 1.86 bits per heavy atom. The van der Waals surface area contributed by atoms with Gasteiger partial charge in [0.25, 0.3) is 0 Å². The Kier molecular flexibility index (Phi) is 5.77. The molecule has 1 N–H and O–H groups in total. The maximum Gasteiger partial charge on any atom is 0.129 e. The van der Waals surface area contributed by atoms with Crippen LogP contribution in [0.2, 0.25) is 5.02 Å². The summed E-state index contributed by atoms with van der Waals surface area (Å²) in [4.78, 5) is 0. The lowest BCUT2D eigenvalue weighted by atomic mass is 10.1. The van der Waals surface area contributed by atoms with Gasteiger partial charge in [-0.25, -0.2) is 4.39 Å². The summed E-state index contributed by atoms with van der Waals surface area (Å²) in [5, 5.41) is 9.23. The monoisotopic (exact) mass is 304 g/mol. The molecule has 0 atom stereocenters. The van der Waals surface area contributed by atoms with Crippen molar-refractivity contribution in [2.45, 2.75) is 13.2 Å². The number of aliphatic hydroxyl groups is 1. The minimum Gasteiger partial charge on any atom is -0.384 e. The van der Waals surface area contributed by atoms with Gasteiger partial charge in [0.2, 0.25) is 0 Å². The Hall–Kier alpha value is -1.86. The van der Waals surface area contributed by atoms with Crippen molar-refractivity contribution in [1.29, 1.82) is 0 Å². The number of benzene rings is 2. The summed E-state index contributed by atoms with van der Waals surface area (Å²) in [6.45, 7) is 0.236. The van der Waals surface area contributed by atoms with Crippen LogP contribution in [0.3, 0.4) is 0 Å². The van der Waals surface area contributed by atoms with Crippen LogP contribution in [0.5, 0.6) is 0 Å². The fourth-order valence-electron chi connectivity index (χ4n) is 1.77. The summed E-state index contributed by atoms with van der Waals surface area (Å²) in [5.74, 6) is 4.75. The highest BCUT2D eigenvalue weighted by molar-refractivity contribution is 6.31. The molecule has 0 amide bonds. The van der Waals surface area contributed by atoms with Crippen molar-refractivity contribution in [3.05, 3.63) is 70.0 Å². The van der Waals surface area contributed by atoms with Crippen molar-refractivity contribution >= 4 is 11.6 Å². The van der Waals surface area contributed by atoms with Crippen LogP contribution in [0.4, 0.5) is 4.39 Å². The van der Waals surface area contributed by atoms with Gasteiger partial charge in [-0.3, -0.25) is 0 Å². The minimum atomic E-state index is -0.376. The van der Waals surface area contributed by atoms with Crippen LogP contribution in [-0.4, -0.2) is 11.7 Å². The van der Waals surface area contributed by atoms with Gasteiger partial charge in [0, 0.05) is 16.1 Å². The molecule has 2 rings (SSSR count). The predicted octanol–water partition coefficient (Wildman–Crippen LogP) is 3.54. The van der Waals surface area contributed by atoms with Gasteiger partial charge >= 0.3 is 0 Å². The molecule has 2 nitrogen and oxygen atoms in total. The highest BCUT2D eigenvalue weighted by Crippen LogP contribution is 2.17. The third-order valence-corrected chi connectivity index (χ3v) is 3.21. The van der Waals surface area contributed by atoms with E-state index < -0.39 is 0 Å². The summed E-state index contributed by atoms with van der Waals surface area (Å²) >= 11 is 6.02. The zero-order valence-corrected chi connectivity index (χ0v) is 12.0. The molecule has 0 bridgehead atoms. The molecule has 2 aromatic rings. The smallest absolute Gasteiger partial charge is 0.129 e. The summed E-state index contributed by atoms with van der Waals surface area (Å²) < 4.78 is 19.3. The van der Waals surface area contributed by atoms with Gasteiger partial charge in [0.1, 0.15) is 12.4 Å². The Bertz CT molecular complexity index is 674. The summed E-state index contributed by atoms with van der Waals surface area (Å²) in [7, 11) is 0. The zero-order valence-electron chi connectivity index (χ0n) is 11.3. The number of rotatable bonds is 4. The maximum atomic E-state index is 13.8. The molecule has 0 saturated carbocycles. The average Bonchev–Trinajstić information content (AvgIpc) is 2.49. The maximum absolute atomic E-state index is 13.8. The highest BCUT2D eigenvalue weighted by atomic mass is 35.5. The van der Waals surface area contributed by atoms with Crippen molar-refractivity contribution in [1.82, 2.24) is 0 Å². The van der Waals surface area contributed by atoms with Crippen molar-refractivity contribution < 1.29 is 14.2 Å². The normalized spacial score (nSPS) is 10.0. The molecular weight excluding hydrogens is 291 g/mol. The molecule has 0 aliphatic carbocycles. The molecule has 4 heteroatoms. The van der Waals surface area contributed by atoms with Gasteiger partial charge in [-0.2, -0.15) is 0 Å². The number of aliphatic hydroxyl groups excluding tert-OH is 1. The van der Waals surface area contributed by atoms with E-state index >= 15 is 0 Å². The van der Waals surface area contributed by atoms with Crippen LogP contribution in [0, 0.1) is 17.7 Å². The van der Waals surface area contributed by atoms with Gasteiger partial charge < -0.3 is 9.84 Å². The number of halogens is 2. The van der Waals surface area contributed by atoms with E-state index in [0.29, 0.717) is 22.8 Å². The van der Waals surface area contributed by atoms with Crippen molar-refractivity contribution in [3.8, 4) is 11.8 Å². The second-order valence-electron chi connectivity index (χ2n) is 4.35. The van der Waals surface area contributed by atoms with Gasteiger partial charge in [0.05, 0.1) is 13.2 Å². The molecule has 0 saturated heterocycles. The number of hydrogen-bond acceptors (Lipinski definition) is 2. The zero-order chi connectivity index (χ0) is 15.1. The van der Waals surface area contributed by atoms with E-state index in [1.807, 2.05) is 18.2 Å². The number of hydrogen-bond donors (Lipinski definition) is 1. The van der Waals surface area contributed by atoms with E-state index in [-0.39, 0.29) is 19.0 Å². The molecular formula is C17H14ClFO2. The first-order chi connectivity index (χ1) is 10.2. The molecule has 0 fully saturated rings. The first kappa shape index (κ1) is 15.5. The van der Waals surface area contributed by atoms with Crippen molar-refractivity contribution in [3.63, 3.8) is 0 Å². The highest BCUT2D eigenvalue weighted by Gasteiger charge is 2.04. The Balaban J connectivity index is 1.96. The molecule has 21 heavy (non-hydrogen) atoms. The lowest BCUT2D eigenvalue weighted by molar-refractivity contribution is 0.105. The summed E-state index contributed by atoms with van der Waals surface area (Å²) in [6.07, 6.45) is 0. The van der Waals surface area contributed by atoms with Gasteiger partial charge in [-0.15, -0.1) is 0 Å². The predicted molar refractivity (Wildman–Crippen MR) is 80.3 cm³/mol. The van der Waals surface area contributed by atoms with E-state index in [1.54, 1.807) is 18.2 Å². The van der Waals surface area contributed by atoms with Crippen molar-refractivity contribution in [2.75, 3.05) is 6.61 Å². The standard InChI is InChI=1S/C17H14ClFO2/c18-16-6-2-1-5-14(16)11-21-12-15-8-7-13(4-3-9-20)10-17(15)19/h1-2,5-8,10,20H,9,11-12H2. The third-order valence-electron chi connectivity index (χ3n) is 2.84. The molecule has 0 aliphatic rings. The van der Waals surface area contributed by atoms with Crippen LogP contribution < -0.4 is 0 Å². The van der Waals surface area contributed by atoms with Gasteiger partial charge in [0.15, 0.2) is 0 Å². The Morgan fingerprint density at radius 1 is 1.10 bits per heavy atom. The SMILES string of the molecule is OCC#Cc1ccc(COCc2ccccc2Cl)c(F)c1. The van der Waals surface area contributed by atoms with Gasteiger partial charge in [-0.05, 0) is 23.8 Å². The fourth-order valence-corrected chi connectivity index (χ4v) is 1.96. The minimum absolute atomic E-state index is 0.158. The average molecular weight is 305 g/mol. The second kappa shape index (κ2) is 7.80. The molecule has 0 aromatic heterocycles. The van der Waals surface area contributed by atoms with Crippen LogP contribution in [0.1, 0.15) is 16.7 Å². The molecule has 0 unspecified atom stereocenters. The fraction of sp³-hybridized carbons (Fsp3) is 0.176. The van der Waals surface area contributed by atoms with E-state index in [1.165, 1.54) is 6.07 Å². The Morgan fingerprint density at radius 3 is 2.57 bits per heavy atom. The first-order valence-corrected chi connectivity index (χ1v) is 6.78. The molecule has 0 radical (unpaired) electrons. The van der Waals surface area contributed by atoms with Crippen LogP contribution in [-0.2, 0) is 18.0 Å². The largest absolute Gasteiger partial charge is 0.384 e. The summed E-state index contributed by atoms with van der Waals surface area (Å²) in [5.41, 5.74) is 1.85. The molecule has 0 heterocycles. The third kappa shape index (κ3) is 4.57. The quantitative estimate of drug-likeness (QED) is 0.876. The molecule has 108 valence electrons. The molecule has 0 aliphatic heterocycles. The van der Waals surface area contributed by atoms with Crippen LogP contribution in [0.25, 0.3) is 0 Å². The topological polar surface area (TPSA) is 29.5 Å². The van der Waals surface area contributed by atoms with Gasteiger partial charge in [-0.1, -0.05) is 47.7 Å². The van der Waals surface area contributed by atoms with E-state index in [9.17, 15) is 4.39 Å². The lowest BCUT2D eigenvalue weighted by Gasteiger charge is -2.07. The van der Waals surface area contributed by atoms with E-state index in [2.05, 4.69) is 11.8 Å².